The maximum atomic E-state index is 11.9. The Labute approximate surface area is 123 Å². The van der Waals surface area contributed by atoms with E-state index in [1.54, 1.807) is 0 Å². The first-order valence-electron chi connectivity index (χ1n) is 6.97. The van der Waals surface area contributed by atoms with Gasteiger partial charge in [-0.05, 0) is 38.4 Å². The Bertz CT molecular complexity index is 520. The van der Waals surface area contributed by atoms with Gasteiger partial charge in [-0.1, -0.05) is 12.1 Å². The van der Waals surface area contributed by atoms with Crippen LogP contribution in [0, 0.1) is 5.41 Å². The molecule has 0 unspecified atom stereocenters. The average Bonchev–Trinajstić information content (AvgIpc) is 2.89. The van der Waals surface area contributed by atoms with Crippen molar-refractivity contribution in [1.29, 1.82) is 0 Å². The van der Waals surface area contributed by atoms with Crippen LogP contribution in [0.5, 0.6) is 0 Å². The van der Waals surface area contributed by atoms with E-state index in [1.807, 2.05) is 0 Å². The summed E-state index contributed by atoms with van der Waals surface area (Å²) in [5.74, 6) is -1.34. The lowest BCUT2D eigenvalue weighted by Crippen LogP contribution is -2.44. The van der Waals surface area contributed by atoms with Crippen molar-refractivity contribution in [3.05, 3.63) is 11.9 Å². The number of rotatable bonds is 5. The van der Waals surface area contributed by atoms with Crippen LogP contribution >= 0.6 is 0 Å². The van der Waals surface area contributed by atoms with Crippen LogP contribution in [0.1, 0.15) is 30.3 Å². The first-order chi connectivity index (χ1) is 9.88. The molecular formula is C13H21N5O3. The maximum absolute atomic E-state index is 11.9. The van der Waals surface area contributed by atoms with E-state index in [0.717, 1.165) is 25.9 Å². The van der Waals surface area contributed by atoms with Crippen LogP contribution in [0.2, 0.25) is 0 Å². The topological polar surface area (TPSA) is 100 Å². The number of carboxylic acids is 1. The van der Waals surface area contributed by atoms with Gasteiger partial charge in [0.2, 0.25) is 5.91 Å². The molecule has 0 radical (unpaired) electrons. The molecule has 8 nitrogen and oxygen atoms in total. The minimum atomic E-state index is -1.15. The number of nitrogens with zero attached hydrogens (tertiary/aromatic N) is 4. The average molecular weight is 295 g/mol. The summed E-state index contributed by atoms with van der Waals surface area (Å²) >= 11 is 0. The first-order valence-corrected chi connectivity index (χ1v) is 6.97. The zero-order chi connectivity index (χ0) is 15.5. The van der Waals surface area contributed by atoms with E-state index in [1.165, 1.54) is 10.9 Å². The molecule has 2 rings (SSSR count). The molecule has 0 spiro atoms. The van der Waals surface area contributed by atoms with E-state index in [-0.39, 0.29) is 23.6 Å². The standard InChI is InChI=1S/C13H21N5O3/c1-13(3-5-17(2)6-4-13)9-14-11(19)8-18-7-10(12(20)21)15-16-18/h7H,3-6,8-9H2,1-2H3,(H,14,19)(H,20,21). The molecule has 0 bridgehead atoms. The van der Waals surface area contributed by atoms with Crippen molar-refractivity contribution in [2.24, 2.45) is 5.41 Å². The van der Waals surface area contributed by atoms with E-state index >= 15 is 0 Å². The Kier molecular flexibility index (Phi) is 4.56. The van der Waals surface area contributed by atoms with Crippen molar-refractivity contribution < 1.29 is 14.7 Å². The second-order valence-corrected chi connectivity index (χ2v) is 6.00. The molecule has 0 saturated carbocycles. The van der Waals surface area contributed by atoms with Gasteiger partial charge < -0.3 is 15.3 Å². The van der Waals surface area contributed by atoms with Gasteiger partial charge in [0, 0.05) is 6.54 Å². The Hall–Kier alpha value is -1.96. The summed E-state index contributed by atoms with van der Waals surface area (Å²) < 4.78 is 1.23. The number of nitrogens with one attached hydrogen (secondary N) is 1. The highest BCUT2D eigenvalue weighted by molar-refractivity contribution is 5.84. The number of hydrogen-bond acceptors (Lipinski definition) is 5. The minimum absolute atomic E-state index is 0.0176. The van der Waals surface area contributed by atoms with Gasteiger partial charge in [0.05, 0.1) is 6.20 Å². The van der Waals surface area contributed by atoms with Gasteiger partial charge in [-0.3, -0.25) is 4.79 Å². The Morgan fingerprint density at radius 3 is 2.67 bits per heavy atom. The van der Waals surface area contributed by atoms with Crippen molar-refractivity contribution >= 4 is 11.9 Å². The lowest BCUT2D eigenvalue weighted by Gasteiger charge is -2.37. The largest absolute Gasteiger partial charge is 0.476 e. The molecule has 2 N–H and O–H groups in total. The monoisotopic (exact) mass is 295 g/mol. The molecule has 8 heteroatoms. The number of carbonyl (C=O) groups excluding carboxylic acids is 1. The summed E-state index contributed by atoms with van der Waals surface area (Å²) in [6.45, 7) is 4.86. The third-order valence-corrected chi connectivity index (χ3v) is 3.97. The fraction of sp³-hybridized carbons (Fsp3) is 0.692. The second kappa shape index (κ2) is 6.21. The minimum Gasteiger partial charge on any atom is -0.476 e. The third-order valence-electron chi connectivity index (χ3n) is 3.97. The van der Waals surface area contributed by atoms with Crippen LogP contribution in [0.15, 0.2) is 6.20 Å². The fourth-order valence-corrected chi connectivity index (χ4v) is 2.32. The highest BCUT2D eigenvalue weighted by atomic mass is 16.4. The SMILES string of the molecule is CN1CCC(C)(CNC(=O)Cn2cc(C(=O)O)nn2)CC1. The zero-order valence-electron chi connectivity index (χ0n) is 12.4. The molecule has 21 heavy (non-hydrogen) atoms. The lowest BCUT2D eigenvalue weighted by atomic mass is 9.80. The highest BCUT2D eigenvalue weighted by Gasteiger charge is 2.29. The number of likely N-dealkylation sites (tertiary alicyclic amines) is 1. The van der Waals surface area contributed by atoms with Crippen LogP contribution in [0.4, 0.5) is 0 Å². The van der Waals surface area contributed by atoms with Gasteiger partial charge in [-0.25, -0.2) is 9.48 Å². The molecule has 1 aliphatic rings. The van der Waals surface area contributed by atoms with Gasteiger partial charge in [-0.2, -0.15) is 0 Å². The van der Waals surface area contributed by atoms with Crippen molar-refractivity contribution in [2.45, 2.75) is 26.3 Å². The summed E-state index contributed by atoms with van der Waals surface area (Å²) in [5.41, 5.74) is -0.0402. The predicted octanol–water partition coefficient (Wildman–Crippen LogP) is -0.176. The quantitative estimate of drug-likeness (QED) is 0.782. The smallest absolute Gasteiger partial charge is 0.358 e. The summed E-state index contributed by atoms with van der Waals surface area (Å²) in [5, 5.41) is 18.7. The first kappa shape index (κ1) is 15.4. The van der Waals surface area contributed by atoms with Crippen LogP contribution < -0.4 is 5.32 Å². The van der Waals surface area contributed by atoms with E-state index in [9.17, 15) is 9.59 Å². The number of aromatic nitrogens is 3. The van der Waals surface area contributed by atoms with Gasteiger partial charge in [0.25, 0.3) is 0 Å². The van der Waals surface area contributed by atoms with E-state index in [4.69, 9.17) is 5.11 Å². The molecule has 1 saturated heterocycles. The zero-order valence-corrected chi connectivity index (χ0v) is 12.4. The van der Waals surface area contributed by atoms with Gasteiger partial charge in [0.15, 0.2) is 5.69 Å². The van der Waals surface area contributed by atoms with Gasteiger partial charge >= 0.3 is 5.97 Å². The van der Waals surface area contributed by atoms with E-state index < -0.39 is 5.97 Å². The molecular weight excluding hydrogens is 274 g/mol. The summed E-state index contributed by atoms with van der Waals surface area (Å²) in [6.07, 6.45) is 3.35. The molecule has 1 aromatic heterocycles. The van der Waals surface area contributed by atoms with Crippen LogP contribution in [-0.4, -0.2) is 63.6 Å². The van der Waals surface area contributed by atoms with Crippen molar-refractivity contribution in [2.75, 3.05) is 26.7 Å². The molecule has 0 aliphatic carbocycles. The van der Waals surface area contributed by atoms with Crippen molar-refractivity contribution in [1.82, 2.24) is 25.2 Å². The predicted molar refractivity (Wildman–Crippen MR) is 74.8 cm³/mol. The van der Waals surface area contributed by atoms with Crippen molar-refractivity contribution in [3.63, 3.8) is 0 Å². The number of carboxylic acid groups (broad SMARTS) is 1. The van der Waals surface area contributed by atoms with Crippen molar-refractivity contribution in [3.8, 4) is 0 Å². The number of aromatic carboxylic acids is 1. The molecule has 1 amide bonds. The normalized spacial score (nSPS) is 18.4. The fourth-order valence-electron chi connectivity index (χ4n) is 2.32. The summed E-state index contributed by atoms with van der Waals surface area (Å²) in [7, 11) is 2.10. The molecule has 1 aliphatic heterocycles. The molecule has 116 valence electrons. The van der Waals surface area contributed by atoms with E-state index in [0.29, 0.717) is 6.54 Å². The molecule has 0 atom stereocenters. The lowest BCUT2D eigenvalue weighted by molar-refractivity contribution is -0.122. The van der Waals surface area contributed by atoms with Crippen LogP contribution in [0.3, 0.4) is 0 Å². The Morgan fingerprint density at radius 1 is 1.43 bits per heavy atom. The van der Waals surface area contributed by atoms with Gasteiger partial charge in [-0.15, -0.1) is 5.10 Å². The Morgan fingerprint density at radius 2 is 2.10 bits per heavy atom. The number of hydrogen-bond donors (Lipinski definition) is 2. The van der Waals surface area contributed by atoms with Gasteiger partial charge in [0.1, 0.15) is 6.54 Å². The van der Waals surface area contributed by atoms with Crippen LogP contribution in [0.25, 0.3) is 0 Å². The highest BCUT2D eigenvalue weighted by Crippen LogP contribution is 2.29. The maximum Gasteiger partial charge on any atom is 0.358 e. The number of carbonyl (C=O) groups is 2. The number of piperidine rings is 1. The molecule has 1 aromatic rings. The second-order valence-electron chi connectivity index (χ2n) is 6.00. The summed E-state index contributed by atoms with van der Waals surface area (Å²) in [6, 6.07) is 0. The molecule has 2 heterocycles. The summed E-state index contributed by atoms with van der Waals surface area (Å²) in [4.78, 5) is 24.8. The van der Waals surface area contributed by atoms with E-state index in [2.05, 4.69) is 34.5 Å². The molecule has 1 fully saturated rings. The number of amides is 1. The Balaban J connectivity index is 1.80. The third kappa shape index (κ3) is 4.25. The molecule has 0 aromatic carbocycles. The van der Waals surface area contributed by atoms with Crippen LogP contribution in [-0.2, 0) is 11.3 Å².